The van der Waals surface area contributed by atoms with E-state index in [9.17, 15) is 0 Å². The van der Waals surface area contributed by atoms with E-state index in [1.165, 1.54) is 7.11 Å². The first-order valence-corrected chi connectivity index (χ1v) is 7.53. The van der Waals surface area contributed by atoms with E-state index >= 15 is 0 Å². The van der Waals surface area contributed by atoms with Crippen LogP contribution in [0.4, 0.5) is 0 Å². The summed E-state index contributed by atoms with van der Waals surface area (Å²) in [6.07, 6.45) is 1.55. The second-order valence-electron chi connectivity index (χ2n) is 5.14. The fraction of sp³-hybridized carbons (Fsp3) is 0.158. The molecule has 2 aromatic carbocycles. The van der Waals surface area contributed by atoms with Crippen LogP contribution in [0.15, 0.2) is 53.1 Å². The predicted octanol–water partition coefficient (Wildman–Crippen LogP) is 3.81. The topological polar surface area (TPSA) is 77.5 Å². The number of nitrogens with zero attached hydrogens (tertiary/aromatic N) is 2. The monoisotopic (exact) mass is 336 g/mol. The van der Waals surface area contributed by atoms with Gasteiger partial charge < -0.3 is 18.6 Å². The number of aromatic nitrogens is 1. The van der Waals surface area contributed by atoms with Crippen molar-refractivity contribution in [2.45, 2.75) is 6.61 Å². The van der Waals surface area contributed by atoms with Crippen molar-refractivity contribution in [1.29, 1.82) is 5.26 Å². The van der Waals surface area contributed by atoms with Crippen molar-refractivity contribution in [2.75, 3.05) is 14.2 Å². The van der Waals surface area contributed by atoms with Crippen molar-refractivity contribution >= 4 is 0 Å². The molecule has 1 heterocycles. The molecule has 0 fully saturated rings. The molecule has 0 N–H and O–H groups in total. The minimum Gasteiger partial charge on any atom is -0.497 e. The molecule has 0 atom stereocenters. The van der Waals surface area contributed by atoms with Gasteiger partial charge in [0.15, 0.2) is 11.5 Å². The van der Waals surface area contributed by atoms with Gasteiger partial charge in [-0.05, 0) is 36.4 Å². The molecule has 0 aliphatic carbocycles. The molecule has 0 saturated heterocycles. The third kappa shape index (κ3) is 3.72. The average molecular weight is 336 g/mol. The van der Waals surface area contributed by atoms with E-state index in [0.717, 1.165) is 11.3 Å². The highest BCUT2D eigenvalue weighted by molar-refractivity contribution is 5.54. The van der Waals surface area contributed by atoms with Crippen LogP contribution in [0.2, 0.25) is 0 Å². The van der Waals surface area contributed by atoms with Gasteiger partial charge in [0.2, 0.25) is 5.89 Å². The first-order chi connectivity index (χ1) is 12.2. The maximum absolute atomic E-state index is 8.92. The summed E-state index contributed by atoms with van der Waals surface area (Å²) < 4.78 is 21.6. The number of hydrogen-bond donors (Lipinski definition) is 0. The highest BCUT2D eigenvalue weighted by atomic mass is 16.5. The Balaban J connectivity index is 1.70. The van der Waals surface area contributed by atoms with Gasteiger partial charge in [0.25, 0.3) is 0 Å². The van der Waals surface area contributed by atoms with Gasteiger partial charge in [-0.2, -0.15) is 5.26 Å². The van der Waals surface area contributed by atoms with Crippen LogP contribution in [0.1, 0.15) is 11.3 Å². The lowest BCUT2D eigenvalue weighted by atomic mass is 10.2. The fourth-order valence-corrected chi connectivity index (χ4v) is 2.25. The molecular formula is C19H16N2O4. The lowest BCUT2D eigenvalue weighted by Gasteiger charge is -2.09. The first kappa shape index (κ1) is 16.4. The molecule has 3 aromatic rings. The van der Waals surface area contributed by atoms with Gasteiger partial charge in [-0.1, -0.05) is 0 Å². The van der Waals surface area contributed by atoms with Crippen molar-refractivity contribution < 1.29 is 18.6 Å². The summed E-state index contributed by atoms with van der Waals surface area (Å²) in [5.74, 6) is 2.31. The van der Waals surface area contributed by atoms with Crippen LogP contribution in [-0.4, -0.2) is 19.2 Å². The highest BCUT2D eigenvalue weighted by Gasteiger charge is 2.10. The zero-order chi connectivity index (χ0) is 17.6. The molecule has 6 heteroatoms. The van der Waals surface area contributed by atoms with Crippen molar-refractivity contribution in [3.05, 3.63) is 60.0 Å². The summed E-state index contributed by atoms with van der Waals surface area (Å²) in [5, 5.41) is 8.92. The normalized spacial score (nSPS) is 10.1. The minimum absolute atomic E-state index is 0.224. The van der Waals surface area contributed by atoms with E-state index < -0.39 is 0 Å². The van der Waals surface area contributed by atoms with Gasteiger partial charge in [-0.15, -0.1) is 0 Å². The maximum atomic E-state index is 8.92. The van der Waals surface area contributed by atoms with Gasteiger partial charge in [-0.3, -0.25) is 0 Å². The number of methoxy groups -OCH3 is 2. The Bertz CT molecular complexity index is 895. The number of benzene rings is 2. The largest absolute Gasteiger partial charge is 0.497 e. The Hall–Kier alpha value is -3.46. The van der Waals surface area contributed by atoms with E-state index in [1.807, 2.05) is 24.3 Å². The lowest BCUT2D eigenvalue weighted by Crippen LogP contribution is -1.98. The molecule has 0 bridgehead atoms. The van der Waals surface area contributed by atoms with E-state index in [0.29, 0.717) is 28.6 Å². The molecule has 3 rings (SSSR count). The maximum Gasteiger partial charge on any atom is 0.226 e. The molecule has 25 heavy (non-hydrogen) atoms. The summed E-state index contributed by atoms with van der Waals surface area (Å²) in [4.78, 5) is 4.41. The van der Waals surface area contributed by atoms with Crippen LogP contribution in [0, 0.1) is 11.3 Å². The van der Waals surface area contributed by atoms with Crippen LogP contribution < -0.4 is 14.2 Å². The van der Waals surface area contributed by atoms with E-state index in [1.54, 1.807) is 31.6 Å². The molecule has 0 aliphatic rings. The quantitative estimate of drug-likeness (QED) is 0.681. The summed E-state index contributed by atoms with van der Waals surface area (Å²) in [7, 11) is 3.15. The number of nitriles is 1. The smallest absolute Gasteiger partial charge is 0.226 e. The van der Waals surface area contributed by atoms with Crippen LogP contribution in [-0.2, 0) is 6.61 Å². The van der Waals surface area contributed by atoms with Gasteiger partial charge in [0.1, 0.15) is 24.3 Å². The molecule has 1 aromatic heterocycles. The SMILES string of the molecule is COc1ccc(-c2nc(COc3ccc(C#N)cc3OC)co2)cc1. The molecule has 0 aliphatic heterocycles. The predicted molar refractivity (Wildman–Crippen MR) is 90.5 cm³/mol. The Labute approximate surface area is 145 Å². The zero-order valence-electron chi connectivity index (χ0n) is 13.9. The average Bonchev–Trinajstić information content (AvgIpc) is 3.15. The van der Waals surface area contributed by atoms with E-state index in [4.69, 9.17) is 23.9 Å². The Morgan fingerprint density at radius 1 is 1.04 bits per heavy atom. The molecular weight excluding hydrogens is 320 g/mol. The van der Waals surface area contributed by atoms with Gasteiger partial charge >= 0.3 is 0 Å². The van der Waals surface area contributed by atoms with Crippen LogP contribution >= 0.6 is 0 Å². The summed E-state index contributed by atoms with van der Waals surface area (Å²) in [6, 6.07) is 14.5. The van der Waals surface area contributed by atoms with Crippen LogP contribution in [0.3, 0.4) is 0 Å². The Kier molecular flexibility index (Phi) is 4.86. The second-order valence-corrected chi connectivity index (χ2v) is 5.14. The van der Waals surface area contributed by atoms with Crippen molar-refractivity contribution in [2.24, 2.45) is 0 Å². The Morgan fingerprint density at radius 3 is 2.52 bits per heavy atom. The van der Waals surface area contributed by atoms with Crippen molar-refractivity contribution in [3.8, 4) is 34.8 Å². The molecule has 0 saturated carbocycles. The fourth-order valence-electron chi connectivity index (χ4n) is 2.25. The second kappa shape index (κ2) is 7.41. The number of oxazole rings is 1. The third-order valence-corrected chi connectivity index (χ3v) is 3.56. The van der Waals surface area contributed by atoms with Crippen LogP contribution in [0.5, 0.6) is 17.2 Å². The minimum atomic E-state index is 0.224. The molecule has 126 valence electrons. The van der Waals surface area contributed by atoms with E-state index in [-0.39, 0.29) is 6.61 Å². The van der Waals surface area contributed by atoms with Gasteiger partial charge in [0, 0.05) is 11.6 Å². The summed E-state index contributed by atoms with van der Waals surface area (Å²) in [6.45, 7) is 0.224. The Morgan fingerprint density at radius 2 is 1.84 bits per heavy atom. The molecule has 0 radical (unpaired) electrons. The van der Waals surface area contributed by atoms with Gasteiger partial charge in [-0.25, -0.2) is 4.98 Å². The third-order valence-electron chi connectivity index (χ3n) is 3.56. The summed E-state index contributed by atoms with van der Waals surface area (Å²) >= 11 is 0. The van der Waals surface area contributed by atoms with Crippen LogP contribution in [0.25, 0.3) is 11.5 Å². The summed E-state index contributed by atoms with van der Waals surface area (Å²) in [5.41, 5.74) is 2.01. The number of rotatable bonds is 6. The van der Waals surface area contributed by atoms with Crippen molar-refractivity contribution in [3.63, 3.8) is 0 Å². The lowest BCUT2D eigenvalue weighted by molar-refractivity contribution is 0.280. The van der Waals surface area contributed by atoms with E-state index in [2.05, 4.69) is 11.1 Å². The number of hydrogen-bond acceptors (Lipinski definition) is 6. The zero-order valence-corrected chi connectivity index (χ0v) is 13.9. The number of ether oxygens (including phenoxy) is 3. The van der Waals surface area contributed by atoms with Gasteiger partial charge in [0.05, 0.1) is 25.9 Å². The van der Waals surface area contributed by atoms with Crippen molar-refractivity contribution in [1.82, 2.24) is 4.98 Å². The highest BCUT2D eigenvalue weighted by Crippen LogP contribution is 2.29. The molecule has 0 amide bonds. The molecule has 0 unspecified atom stereocenters. The first-order valence-electron chi connectivity index (χ1n) is 7.53. The molecule has 6 nitrogen and oxygen atoms in total. The molecule has 0 spiro atoms. The standard InChI is InChI=1S/C19H16N2O4/c1-22-16-6-4-14(5-7-16)19-21-15(12-25-19)11-24-17-8-3-13(10-20)9-18(17)23-2/h3-9,12H,11H2,1-2H3.